The summed E-state index contributed by atoms with van der Waals surface area (Å²) >= 11 is 0. The van der Waals surface area contributed by atoms with Crippen molar-refractivity contribution in [1.29, 1.82) is 0 Å². The van der Waals surface area contributed by atoms with Crippen LogP contribution in [0.3, 0.4) is 0 Å². The highest BCUT2D eigenvalue weighted by atomic mass is 16.7. The largest absolute Gasteiger partial charge is 0.394 e. The van der Waals surface area contributed by atoms with Gasteiger partial charge in [-0.25, -0.2) is 0 Å². The summed E-state index contributed by atoms with van der Waals surface area (Å²) in [5, 5.41) is 54.1. The lowest BCUT2D eigenvalue weighted by atomic mass is 9.99. The molecule has 0 aromatic rings. The molecule has 1 aliphatic rings. The third-order valence-electron chi connectivity index (χ3n) is 10.5. The highest BCUT2D eigenvalue weighted by Gasteiger charge is 2.44. The molecule has 1 fully saturated rings. The van der Waals surface area contributed by atoms with Gasteiger partial charge in [0, 0.05) is 6.42 Å². The van der Waals surface area contributed by atoms with E-state index in [2.05, 4.69) is 19.2 Å². The SMILES string of the molecule is CCCCCCCCCCCCCCCCCCCCC(=O)N[C@@H](CO[C@@H]1O[C@H](CO)[C@H](O)C(O)C1O)[C@H](O)CCCCCCCCCCC. The van der Waals surface area contributed by atoms with Gasteiger partial charge in [-0.3, -0.25) is 4.79 Å². The van der Waals surface area contributed by atoms with Crippen LogP contribution in [0.1, 0.15) is 200 Å². The van der Waals surface area contributed by atoms with Gasteiger partial charge in [-0.05, 0) is 12.8 Å². The van der Waals surface area contributed by atoms with Crippen molar-refractivity contribution in [1.82, 2.24) is 5.32 Å². The number of aliphatic hydroxyl groups excluding tert-OH is 5. The molecule has 1 amide bonds. The van der Waals surface area contributed by atoms with E-state index in [0.717, 1.165) is 38.5 Å². The average molecular weight is 716 g/mol. The molecule has 0 radical (unpaired) electrons. The second-order valence-corrected chi connectivity index (χ2v) is 15.1. The first-order valence-corrected chi connectivity index (χ1v) is 21.2. The minimum Gasteiger partial charge on any atom is -0.394 e. The molecule has 1 saturated heterocycles. The quantitative estimate of drug-likeness (QED) is 0.0362. The Balaban J connectivity index is 2.30. The molecule has 0 spiro atoms. The summed E-state index contributed by atoms with van der Waals surface area (Å²) in [5.41, 5.74) is 0. The van der Waals surface area contributed by atoms with Crippen molar-refractivity contribution in [3.63, 3.8) is 0 Å². The van der Waals surface area contributed by atoms with Crippen LogP contribution >= 0.6 is 0 Å². The molecule has 1 aliphatic heterocycles. The molecule has 2 unspecified atom stereocenters. The molecule has 1 rings (SSSR count). The highest BCUT2D eigenvalue weighted by molar-refractivity contribution is 5.76. The van der Waals surface area contributed by atoms with Crippen molar-refractivity contribution in [2.75, 3.05) is 13.2 Å². The lowest BCUT2D eigenvalue weighted by Crippen LogP contribution is -2.60. The van der Waals surface area contributed by atoms with Crippen LogP contribution in [0.15, 0.2) is 0 Å². The van der Waals surface area contributed by atoms with Crippen molar-refractivity contribution in [3.8, 4) is 0 Å². The summed E-state index contributed by atoms with van der Waals surface area (Å²) in [4.78, 5) is 12.9. The van der Waals surface area contributed by atoms with Crippen molar-refractivity contribution < 1.29 is 39.8 Å². The summed E-state index contributed by atoms with van der Waals surface area (Å²) in [6.07, 6.45) is 26.9. The Kier molecular flexibility index (Phi) is 31.0. The molecule has 0 bridgehead atoms. The Morgan fingerprint density at radius 1 is 0.600 bits per heavy atom. The zero-order valence-corrected chi connectivity index (χ0v) is 32.4. The summed E-state index contributed by atoms with van der Waals surface area (Å²) in [6, 6.07) is -0.709. The number of hydrogen-bond acceptors (Lipinski definition) is 8. The number of nitrogens with one attached hydrogen (secondary N) is 1. The van der Waals surface area contributed by atoms with Gasteiger partial charge >= 0.3 is 0 Å². The summed E-state index contributed by atoms with van der Waals surface area (Å²) in [6.45, 7) is 3.81. The Bertz CT molecular complexity index is 756. The topological polar surface area (TPSA) is 149 Å². The van der Waals surface area contributed by atoms with E-state index in [0.29, 0.717) is 12.8 Å². The van der Waals surface area contributed by atoms with E-state index >= 15 is 0 Å². The van der Waals surface area contributed by atoms with E-state index in [1.807, 2.05) is 0 Å². The van der Waals surface area contributed by atoms with Gasteiger partial charge in [0.05, 0.1) is 25.4 Å². The molecule has 9 nitrogen and oxygen atoms in total. The molecular weight excluding hydrogens is 634 g/mol. The molecular formula is C41H81NO8. The number of amides is 1. The normalized spacial score (nSPS) is 22.1. The van der Waals surface area contributed by atoms with Crippen LogP contribution in [0.4, 0.5) is 0 Å². The van der Waals surface area contributed by atoms with Gasteiger partial charge in [0.2, 0.25) is 5.91 Å². The van der Waals surface area contributed by atoms with E-state index in [1.54, 1.807) is 0 Å². The van der Waals surface area contributed by atoms with Crippen LogP contribution in [-0.2, 0) is 14.3 Å². The lowest BCUT2D eigenvalue weighted by molar-refractivity contribution is -0.302. The Labute approximate surface area is 306 Å². The highest BCUT2D eigenvalue weighted by Crippen LogP contribution is 2.23. The third kappa shape index (κ3) is 23.7. The van der Waals surface area contributed by atoms with Crippen LogP contribution in [-0.4, -0.2) is 87.5 Å². The van der Waals surface area contributed by atoms with Crippen molar-refractivity contribution in [2.24, 2.45) is 0 Å². The minimum atomic E-state index is -1.55. The lowest BCUT2D eigenvalue weighted by Gasteiger charge is -2.40. The monoisotopic (exact) mass is 716 g/mol. The summed E-state index contributed by atoms with van der Waals surface area (Å²) in [5.74, 6) is -0.143. The van der Waals surface area contributed by atoms with Gasteiger partial charge < -0.3 is 40.3 Å². The van der Waals surface area contributed by atoms with E-state index in [9.17, 15) is 30.3 Å². The first kappa shape index (κ1) is 47.2. The molecule has 1 heterocycles. The number of rotatable bonds is 35. The number of carbonyl (C=O) groups excluding carboxylic acids is 1. The first-order chi connectivity index (χ1) is 24.3. The number of ether oxygens (including phenoxy) is 2. The van der Waals surface area contributed by atoms with E-state index in [4.69, 9.17) is 9.47 Å². The van der Waals surface area contributed by atoms with Crippen LogP contribution in [0.25, 0.3) is 0 Å². The van der Waals surface area contributed by atoms with E-state index in [-0.39, 0.29) is 12.5 Å². The van der Waals surface area contributed by atoms with Gasteiger partial charge in [-0.15, -0.1) is 0 Å². The van der Waals surface area contributed by atoms with Crippen LogP contribution in [0.5, 0.6) is 0 Å². The minimum absolute atomic E-state index is 0.133. The van der Waals surface area contributed by atoms with Gasteiger partial charge in [0.1, 0.15) is 24.4 Å². The van der Waals surface area contributed by atoms with Crippen LogP contribution in [0.2, 0.25) is 0 Å². The maximum Gasteiger partial charge on any atom is 0.220 e. The standard InChI is InChI=1S/C41H81NO8/c1-3-5-7-9-11-13-14-15-16-17-18-19-20-21-23-25-27-29-31-37(45)42-34(35(44)30-28-26-24-22-12-10-8-6-4-2)33-49-41-40(48)39(47)38(46)36(32-43)50-41/h34-36,38-41,43-44,46-48H,3-33H2,1-2H3,(H,42,45)/t34-,35+,36+,38-,39?,40?,41+/m0/s1. The van der Waals surface area contributed by atoms with Crippen LogP contribution in [0, 0.1) is 0 Å². The van der Waals surface area contributed by atoms with Gasteiger partial charge in [-0.2, -0.15) is 0 Å². The fourth-order valence-electron chi connectivity index (χ4n) is 6.98. The predicted octanol–water partition coefficient (Wildman–Crippen LogP) is 8.00. The maximum absolute atomic E-state index is 12.9. The molecule has 6 N–H and O–H groups in total. The zero-order chi connectivity index (χ0) is 36.7. The molecule has 50 heavy (non-hydrogen) atoms. The number of unbranched alkanes of at least 4 members (excludes halogenated alkanes) is 25. The molecule has 0 aromatic carbocycles. The van der Waals surface area contributed by atoms with Gasteiger partial charge in [-0.1, -0.05) is 181 Å². The molecule has 7 atom stereocenters. The molecule has 9 heteroatoms. The maximum atomic E-state index is 12.9. The first-order valence-electron chi connectivity index (χ1n) is 21.2. The fraction of sp³-hybridized carbons (Fsp3) is 0.976. The zero-order valence-electron chi connectivity index (χ0n) is 32.4. The average Bonchev–Trinajstić information content (AvgIpc) is 3.11. The Morgan fingerprint density at radius 2 is 1.00 bits per heavy atom. The van der Waals surface area contributed by atoms with Gasteiger partial charge in [0.25, 0.3) is 0 Å². The van der Waals surface area contributed by atoms with Crippen molar-refractivity contribution in [2.45, 2.75) is 243 Å². The summed E-state index contributed by atoms with van der Waals surface area (Å²) < 4.78 is 11.2. The number of carbonyl (C=O) groups is 1. The number of hydrogen-bond donors (Lipinski definition) is 6. The third-order valence-corrected chi connectivity index (χ3v) is 10.5. The van der Waals surface area contributed by atoms with Gasteiger partial charge in [0.15, 0.2) is 6.29 Å². The Hall–Kier alpha value is -0.810. The van der Waals surface area contributed by atoms with Crippen molar-refractivity contribution in [3.05, 3.63) is 0 Å². The number of aliphatic hydroxyl groups is 5. The molecule has 298 valence electrons. The fourth-order valence-corrected chi connectivity index (χ4v) is 6.98. The smallest absolute Gasteiger partial charge is 0.220 e. The van der Waals surface area contributed by atoms with Crippen molar-refractivity contribution >= 4 is 5.91 Å². The molecule has 0 aromatic heterocycles. The molecule has 0 saturated carbocycles. The summed E-state index contributed by atoms with van der Waals surface area (Å²) in [7, 11) is 0. The van der Waals surface area contributed by atoms with Crippen LogP contribution < -0.4 is 5.32 Å². The molecule has 0 aliphatic carbocycles. The Morgan fingerprint density at radius 3 is 1.42 bits per heavy atom. The van der Waals surface area contributed by atoms with E-state index < -0.39 is 49.5 Å². The predicted molar refractivity (Wildman–Crippen MR) is 203 cm³/mol. The van der Waals surface area contributed by atoms with E-state index in [1.165, 1.54) is 135 Å². The second-order valence-electron chi connectivity index (χ2n) is 15.1. The second kappa shape index (κ2) is 32.8.